The number of aryl methyl sites for hydroxylation is 1. The van der Waals surface area contributed by atoms with Crippen LogP contribution in [0.15, 0.2) is 23.1 Å². The van der Waals surface area contributed by atoms with E-state index in [1.807, 2.05) is 19.1 Å². The van der Waals surface area contributed by atoms with Crippen molar-refractivity contribution in [3.8, 4) is 11.8 Å². The number of carbonyl (C=O) groups excluding carboxylic acids is 1. The molecule has 0 saturated carbocycles. The highest BCUT2D eigenvalue weighted by molar-refractivity contribution is 7.80. The number of rotatable bonds is 3. The Hall–Kier alpha value is -1.40. The van der Waals surface area contributed by atoms with Crippen LogP contribution in [0.3, 0.4) is 0 Å². The van der Waals surface area contributed by atoms with Crippen molar-refractivity contribution in [2.75, 3.05) is 6.54 Å². The lowest BCUT2D eigenvalue weighted by atomic mass is 10.1. The van der Waals surface area contributed by atoms with E-state index in [1.165, 1.54) is 0 Å². The molecule has 0 aliphatic heterocycles. The second kappa shape index (κ2) is 6.24. The van der Waals surface area contributed by atoms with Gasteiger partial charge in [-0.1, -0.05) is 6.07 Å². The summed E-state index contributed by atoms with van der Waals surface area (Å²) in [4.78, 5) is 12.6. The highest BCUT2D eigenvalue weighted by Gasteiger charge is 2.07. The van der Waals surface area contributed by atoms with Gasteiger partial charge in [-0.05, 0) is 31.5 Å². The van der Waals surface area contributed by atoms with Crippen molar-refractivity contribution < 1.29 is 4.79 Å². The summed E-state index contributed by atoms with van der Waals surface area (Å²) in [6.45, 7) is 4.28. The third kappa shape index (κ3) is 3.63. The average Bonchev–Trinajstić information content (AvgIpc) is 2.27. The molecule has 0 fully saturated rings. The first-order chi connectivity index (χ1) is 7.65. The molecule has 0 saturated heterocycles. The first-order valence-corrected chi connectivity index (χ1v) is 5.57. The van der Waals surface area contributed by atoms with Crippen LogP contribution in [0.2, 0.25) is 0 Å². The van der Waals surface area contributed by atoms with Gasteiger partial charge in [-0.2, -0.15) is 0 Å². The Morgan fingerprint density at radius 3 is 2.94 bits per heavy atom. The SMILES string of the molecule is CC#CCCNC(=O)c1cc(S)ccc1C. The fourth-order valence-corrected chi connectivity index (χ4v) is 1.52. The summed E-state index contributed by atoms with van der Waals surface area (Å²) >= 11 is 4.22. The van der Waals surface area contributed by atoms with Gasteiger partial charge in [0, 0.05) is 23.4 Å². The van der Waals surface area contributed by atoms with E-state index < -0.39 is 0 Å². The molecule has 2 nitrogen and oxygen atoms in total. The van der Waals surface area contributed by atoms with Crippen LogP contribution in [0, 0.1) is 18.8 Å². The zero-order valence-corrected chi connectivity index (χ0v) is 10.4. The maximum absolute atomic E-state index is 11.8. The minimum Gasteiger partial charge on any atom is -0.351 e. The van der Waals surface area contributed by atoms with Crippen LogP contribution in [0.5, 0.6) is 0 Å². The maximum atomic E-state index is 11.8. The van der Waals surface area contributed by atoms with Gasteiger partial charge in [0.2, 0.25) is 0 Å². The van der Waals surface area contributed by atoms with Gasteiger partial charge < -0.3 is 5.32 Å². The fraction of sp³-hybridized carbons (Fsp3) is 0.308. The van der Waals surface area contributed by atoms with E-state index >= 15 is 0 Å². The second-order valence-electron chi connectivity index (χ2n) is 3.43. The van der Waals surface area contributed by atoms with E-state index in [0.717, 1.165) is 10.5 Å². The number of thiol groups is 1. The number of carbonyl (C=O) groups is 1. The van der Waals surface area contributed by atoms with Gasteiger partial charge >= 0.3 is 0 Å². The average molecular weight is 233 g/mol. The lowest BCUT2D eigenvalue weighted by Gasteiger charge is -2.06. The van der Waals surface area contributed by atoms with E-state index in [1.54, 1.807) is 13.0 Å². The van der Waals surface area contributed by atoms with Crippen LogP contribution in [-0.4, -0.2) is 12.5 Å². The van der Waals surface area contributed by atoms with Gasteiger partial charge in [0.1, 0.15) is 0 Å². The molecule has 1 amide bonds. The van der Waals surface area contributed by atoms with Crippen molar-refractivity contribution in [1.29, 1.82) is 0 Å². The molecule has 0 aliphatic carbocycles. The van der Waals surface area contributed by atoms with Crippen molar-refractivity contribution in [2.24, 2.45) is 0 Å². The van der Waals surface area contributed by atoms with E-state index in [0.29, 0.717) is 18.5 Å². The number of nitrogens with one attached hydrogen (secondary N) is 1. The summed E-state index contributed by atoms with van der Waals surface area (Å²) in [5, 5.41) is 2.83. The molecule has 1 rings (SSSR count). The van der Waals surface area contributed by atoms with Gasteiger partial charge in [-0.3, -0.25) is 4.79 Å². The number of benzene rings is 1. The maximum Gasteiger partial charge on any atom is 0.251 e. The summed E-state index contributed by atoms with van der Waals surface area (Å²) in [5.74, 6) is 5.63. The third-order valence-electron chi connectivity index (χ3n) is 2.18. The van der Waals surface area contributed by atoms with Crippen molar-refractivity contribution in [2.45, 2.75) is 25.2 Å². The third-order valence-corrected chi connectivity index (χ3v) is 2.46. The molecule has 0 aromatic heterocycles. The van der Waals surface area contributed by atoms with Crippen LogP contribution in [0.4, 0.5) is 0 Å². The molecule has 84 valence electrons. The predicted octanol–water partition coefficient (Wildman–Crippen LogP) is 2.43. The molecular formula is C13H15NOS. The van der Waals surface area contributed by atoms with Crippen LogP contribution in [-0.2, 0) is 0 Å². The number of amides is 1. The molecule has 3 heteroatoms. The second-order valence-corrected chi connectivity index (χ2v) is 3.95. The van der Waals surface area contributed by atoms with Gasteiger partial charge in [0.25, 0.3) is 5.91 Å². The highest BCUT2D eigenvalue weighted by atomic mass is 32.1. The molecule has 0 radical (unpaired) electrons. The zero-order chi connectivity index (χ0) is 12.0. The number of hydrogen-bond donors (Lipinski definition) is 2. The summed E-state index contributed by atoms with van der Waals surface area (Å²) in [5.41, 5.74) is 1.63. The highest BCUT2D eigenvalue weighted by Crippen LogP contribution is 2.13. The Bertz CT molecular complexity index is 443. The normalized spacial score (nSPS) is 9.19. The van der Waals surface area contributed by atoms with Crippen LogP contribution >= 0.6 is 12.6 Å². The van der Waals surface area contributed by atoms with E-state index in [9.17, 15) is 4.79 Å². The summed E-state index contributed by atoms with van der Waals surface area (Å²) in [6.07, 6.45) is 0.682. The van der Waals surface area contributed by atoms with E-state index in [4.69, 9.17) is 0 Å². The van der Waals surface area contributed by atoms with Gasteiger partial charge in [-0.15, -0.1) is 24.5 Å². The van der Waals surface area contributed by atoms with Crippen molar-refractivity contribution in [3.05, 3.63) is 29.3 Å². The monoisotopic (exact) mass is 233 g/mol. The van der Waals surface area contributed by atoms with Crippen molar-refractivity contribution in [3.63, 3.8) is 0 Å². The Labute approximate surface area is 102 Å². The largest absolute Gasteiger partial charge is 0.351 e. The van der Waals surface area contributed by atoms with Crippen molar-refractivity contribution >= 4 is 18.5 Å². The minimum atomic E-state index is -0.0636. The van der Waals surface area contributed by atoms with Gasteiger partial charge in [0.05, 0.1) is 0 Å². The zero-order valence-electron chi connectivity index (χ0n) is 9.50. The molecule has 1 aromatic rings. The number of hydrogen-bond acceptors (Lipinski definition) is 2. The van der Waals surface area contributed by atoms with Crippen molar-refractivity contribution in [1.82, 2.24) is 5.32 Å². The lowest BCUT2D eigenvalue weighted by molar-refractivity contribution is 0.0953. The van der Waals surface area contributed by atoms with Crippen LogP contribution < -0.4 is 5.32 Å². The molecule has 0 spiro atoms. The first-order valence-electron chi connectivity index (χ1n) is 5.12. The summed E-state index contributed by atoms with van der Waals surface area (Å²) in [6, 6.07) is 5.54. The molecule has 0 bridgehead atoms. The van der Waals surface area contributed by atoms with Crippen LogP contribution in [0.1, 0.15) is 29.3 Å². The molecule has 1 aromatic carbocycles. The minimum absolute atomic E-state index is 0.0636. The first kappa shape index (κ1) is 12.7. The topological polar surface area (TPSA) is 29.1 Å². The summed E-state index contributed by atoms with van der Waals surface area (Å²) < 4.78 is 0. The Morgan fingerprint density at radius 1 is 1.50 bits per heavy atom. The molecular weight excluding hydrogens is 218 g/mol. The molecule has 0 atom stereocenters. The fourth-order valence-electron chi connectivity index (χ4n) is 1.31. The van der Waals surface area contributed by atoms with Gasteiger partial charge in [-0.25, -0.2) is 0 Å². The smallest absolute Gasteiger partial charge is 0.251 e. The van der Waals surface area contributed by atoms with Gasteiger partial charge in [0.15, 0.2) is 0 Å². The quantitative estimate of drug-likeness (QED) is 0.468. The standard InChI is InChI=1S/C13H15NOS/c1-3-4-5-8-14-13(15)12-9-11(16)7-6-10(12)2/h6-7,9,16H,5,8H2,1-2H3,(H,14,15). The molecule has 0 heterocycles. The molecule has 1 N–H and O–H groups in total. The molecule has 0 unspecified atom stereocenters. The Morgan fingerprint density at radius 2 is 2.25 bits per heavy atom. The lowest BCUT2D eigenvalue weighted by Crippen LogP contribution is -2.24. The Kier molecular flexibility index (Phi) is 4.94. The molecule has 16 heavy (non-hydrogen) atoms. The predicted molar refractivity (Wildman–Crippen MR) is 68.8 cm³/mol. The van der Waals surface area contributed by atoms with Crippen LogP contribution in [0.25, 0.3) is 0 Å². The summed E-state index contributed by atoms with van der Waals surface area (Å²) in [7, 11) is 0. The van der Waals surface area contributed by atoms with E-state index in [-0.39, 0.29) is 5.91 Å². The Balaban J connectivity index is 2.64. The molecule has 0 aliphatic rings. The van der Waals surface area contributed by atoms with E-state index in [2.05, 4.69) is 29.8 Å².